The summed E-state index contributed by atoms with van der Waals surface area (Å²) in [5.74, 6) is 2.30. The molecule has 2 aromatic rings. The van der Waals surface area contributed by atoms with Crippen LogP contribution >= 0.6 is 23.2 Å². The van der Waals surface area contributed by atoms with Crippen molar-refractivity contribution in [3.63, 3.8) is 0 Å². The molecule has 0 amide bonds. The Hall–Kier alpha value is -2.11. The Morgan fingerprint density at radius 3 is 2.54 bits per heavy atom. The summed E-state index contributed by atoms with van der Waals surface area (Å²) < 4.78 is 17.0. The van der Waals surface area contributed by atoms with Gasteiger partial charge >= 0.3 is 0 Å². The number of halogens is 2. The van der Waals surface area contributed by atoms with E-state index in [1.54, 1.807) is 20.3 Å². The van der Waals surface area contributed by atoms with Gasteiger partial charge in [0.1, 0.15) is 5.75 Å². The van der Waals surface area contributed by atoms with Crippen molar-refractivity contribution >= 4 is 28.9 Å². The summed E-state index contributed by atoms with van der Waals surface area (Å²) in [6.45, 7) is 4.22. The number of hydrazone groups is 1. The second-order valence-corrected chi connectivity index (χ2v) is 8.12. The van der Waals surface area contributed by atoms with Crippen molar-refractivity contribution < 1.29 is 14.2 Å². The van der Waals surface area contributed by atoms with E-state index in [0.29, 0.717) is 27.3 Å². The largest absolute Gasteiger partial charge is 0.493 e. The van der Waals surface area contributed by atoms with Crippen LogP contribution in [0.1, 0.15) is 37.4 Å². The smallest absolute Gasteiger partial charge is 0.190 e. The fraction of sp³-hybridized carbons (Fsp3) is 0.381. The molecule has 2 aromatic carbocycles. The van der Waals surface area contributed by atoms with Gasteiger partial charge in [-0.1, -0.05) is 37.0 Å². The highest BCUT2D eigenvalue weighted by Crippen LogP contribution is 2.48. The second-order valence-electron chi connectivity index (χ2n) is 7.27. The van der Waals surface area contributed by atoms with Crippen LogP contribution in [0, 0.1) is 5.92 Å². The van der Waals surface area contributed by atoms with Crippen LogP contribution in [0.3, 0.4) is 0 Å². The SMILES string of the molecule is COc1ccc(C2=NN3C(C2)c2cc(Cl)cc(Cl)c2OC3C(C)C)cc1OC. The first-order valence-electron chi connectivity index (χ1n) is 9.16. The molecule has 0 bridgehead atoms. The number of fused-ring (bicyclic) bond motifs is 3. The van der Waals surface area contributed by atoms with Gasteiger partial charge in [-0.25, -0.2) is 5.01 Å². The zero-order chi connectivity index (χ0) is 20.0. The van der Waals surface area contributed by atoms with E-state index in [1.165, 1.54) is 0 Å². The highest BCUT2D eigenvalue weighted by Gasteiger charge is 2.42. The van der Waals surface area contributed by atoms with Gasteiger partial charge in [-0.2, -0.15) is 5.10 Å². The van der Waals surface area contributed by atoms with Crippen molar-refractivity contribution in [2.75, 3.05) is 14.2 Å². The van der Waals surface area contributed by atoms with Crippen LogP contribution in [0.4, 0.5) is 0 Å². The maximum absolute atomic E-state index is 6.44. The number of hydrogen-bond donors (Lipinski definition) is 0. The lowest BCUT2D eigenvalue weighted by molar-refractivity contribution is -0.0460. The summed E-state index contributed by atoms with van der Waals surface area (Å²) in [5, 5.41) is 8.08. The lowest BCUT2D eigenvalue weighted by atomic mass is 9.95. The third kappa shape index (κ3) is 3.16. The topological polar surface area (TPSA) is 43.3 Å². The van der Waals surface area contributed by atoms with Crippen molar-refractivity contribution in [2.45, 2.75) is 32.5 Å². The monoisotopic (exact) mass is 420 g/mol. The van der Waals surface area contributed by atoms with Crippen molar-refractivity contribution in [3.8, 4) is 17.2 Å². The van der Waals surface area contributed by atoms with Crippen LogP contribution in [0.2, 0.25) is 10.0 Å². The predicted octanol–water partition coefficient (Wildman–Crippen LogP) is 5.54. The molecule has 148 valence electrons. The lowest BCUT2D eigenvalue weighted by Crippen LogP contribution is -2.43. The molecule has 2 aliphatic heterocycles. The Morgan fingerprint density at radius 2 is 1.86 bits per heavy atom. The maximum Gasteiger partial charge on any atom is 0.190 e. The molecule has 2 heterocycles. The molecule has 2 atom stereocenters. The van der Waals surface area contributed by atoms with Gasteiger partial charge in [0.2, 0.25) is 0 Å². The molecule has 28 heavy (non-hydrogen) atoms. The summed E-state index contributed by atoms with van der Waals surface area (Å²) in [5.41, 5.74) is 2.92. The average molecular weight is 421 g/mol. The molecule has 0 N–H and O–H groups in total. The minimum Gasteiger partial charge on any atom is -0.493 e. The van der Waals surface area contributed by atoms with E-state index in [2.05, 4.69) is 13.8 Å². The molecule has 0 saturated carbocycles. The molecule has 2 aliphatic rings. The Balaban J connectivity index is 1.76. The summed E-state index contributed by atoms with van der Waals surface area (Å²) in [6.07, 6.45) is 0.528. The molecule has 2 unspecified atom stereocenters. The Kier molecular flexibility index (Phi) is 5.06. The number of rotatable bonds is 4. The second kappa shape index (κ2) is 7.37. The predicted molar refractivity (Wildman–Crippen MR) is 111 cm³/mol. The molecule has 5 nitrogen and oxygen atoms in total. The van der Waals surface area contributed by atoms with Gasteiger partial charge in [-0.05, 0) is 30.3 Å². The summed E-state index contributed by atoms with van der Waals surface area (Å²) in [7, 11) is 3.25. The van der Waals surface area contributed by atoms with Crippen LogP contribution in [0.5, 0.6) is 17.2 Å². The van der Waals surface area contributed by atoms with E-state index < -0.39 is 0 Å². The van der Waals surface area contributed by atoms with E-state index >= 15 is 0 Å². The Labute approximate surface area is 174 Å². The summed E-state index contributed by atoms with van der Waals surface area (Å²) in [4.78, 5) is 0. The zero-order valence-corrected chi connectivity index (χ0v) is 17.7. The minimum absolute atomic E-state index is 0.0236. The Bertz CT molecular complexity index is 945. The molecular formula is C21H22Cl2N2O3. The first-order valence-corrected chi connectivity index (χ1v) is 9.92. The van der Waals surface area contributed by atoms with Crippen LogP contribution in [-0.2, 0) is 0 Å². The molecule has 0 aromatic heterocycles. The molecule has 0 saturated heterocycles. The molecule has 0 aliphatic carbocycles. The summed E-state index contributed by atoms with van der Waals surface area (Å²) in [6, 6.07) is 9.51. The molecule has 0 radical (unpaired) electrons. The van der Waals surface area contributed by atoms with Crippen molar-refractivity contribution in [1.29, 1.82) is 0 Å². The van der Waals surface area contributed by atoms with Crippen LogP contribution in [0.25, 0.3) is 0 Å². The quantitative estimate of drug-likeness (QED) is 0.651. The molecule has 0 spiro atoms. The number of benzene rings is 2. The third-order valence-electron chi connectivity index (χ3n) is 5.12. The van der Waals surface area contributed by atoms with Gasteiger partial charge in [-0.3, -0.25) is 0 Å². The van der Waals surface area contributed by atoms with E-state index in [-0.39, 0.29) is 18.2 Å². The zero-order valence-electron chi connectivity index (χ0n) is 16.2. The molecular weight excluding hydrogens is 399 g/mol. The van der Waals surface area contributed by atoms with Gasteiger partial charge in [-0.15, -0.1) is 0 Å². The van der Waals surface area contributed by atoms with Crippen LogP contribution in [-0.4, -0.2) is 31.2 Å². The number of ether oxygens (including phenoxy) is 3. The standard InChI is InChI=1S/C21H22Cl2N2O3/c1-11(2)21-25-17(14-8-13(22)9-15(23)20(14)28-21)10-16(24-25)12-5-6-18(26-3)19(7-12)27-4/h5-9,11,17,21H,10H2,1-4H3. The first kappa shape index (κ1) is 19.2. The normalized spacial score (nSPS) is 20.4. The van der Waals surface area contributed by atoms with Crippen molar-refractivity contribution in [1.82, 2.24) is 5.01 Å². The van der Waals surface area contributed by atoms with Gasteiger partial charge < -0.3 is 14.2 Å². The van der Waals surface area contributed by atoms with Gasteiger partial charge in [0.15, 0.2) is 17.7 Å². The van der Waals surface area contributed by atoms with Crippen LogP contribution in [0.15, 0.2) is 35.4 Å². The molecule has 7 heteroatoms. The average Bonchev–Trinajstić information content (AvgIpc) is 3.12. The van der Waals surface area contributed by atoms with Gasteiger partial charge in [0, 0.05) is 28.5 Å². The number of hydrogen-bond acceptors (Lipinski definition) is 5. The van der Waals surface area contributed by atoms with Gasteiger partial charge in [0.25, 0.3) is 0 Å². The third-order valence-corrected chi connectivity index (χ3v) is 5.62. The van der Waals surface area contributed by atoms with Crippen molar-refractivity contribution in [2.24, 2.45) is 11.0 Å². The number of methoxy groups -OCH3 is 2. The highest BCUT2D eigenvalue weighted by molar-refractivity contribution is 6.35. The minimum atomic E-state index is -0.200. The van der Waals surface area contributed by atoms with Crippen molar-refractivity contribution in [3.05, 3.63) is 51.5 Å². The highest BCUT2D eigenvalue weighted by atomic mass is 35.5. The van der Waals surface area contributed by atoms with Gasteiger partial charge in [0.05, 0.1) is 31.0 Å². The fourth-order valence-electron chi connectivity index (χ4n) is 3.77. The van der Waals surface area contributed by atoms with Crippen LogP contribution < -0.4 is 14.2 Å². The molecule has 4 rings (SSSR count). The summed E-state index contributed by atoms with van der Waals surface area (Å²) >= 11 is 12.7. The first-order chi connectivity index (χ1) is 13.4. The Morgan fingerprint density at radius 1 is 1.11 bits per heavy atom. The fourth-order valence-corrected chi connectivity index (χ4v) is 4.33. The van der Waals surface area contributed by atoms with E-state index in [9.17, 15) is 0 Å². The number of nitrogens with zero attached hydrogens (tertiary/aromatic N) is 2. The lowest BCUT2D eigenvalue weighted by Gasteiger charge is -2.40. The maximum atomic E-state index is 6.44. The van der Waals surface area contributed by atoms with E-state index in [4.69, 9.17) is 42.5 Å². The van der Waals surface area contributed by atoms with E-state index in [0.717, 1.165) is 23.3 Å². The molecule has 0 fully saturated rings. The van der Waals surface area contributed by atoms with E-state index in [1.807, 2.05) is 29.3 Å².